The van der Waals surface area contributed by atoms with Gasteiger partial charge >= 0.3 is 12.1 Å². The fourth-order valence-electron chi connectivity index (χ4n) is 1.88. The van der Waals surface area contributed by atoms with Gasteiger partial charge in [0.15, 0.2) is 0 Å². The molecule has 1 unspecified atom stereocenters. The minimum atomic E-state index is -4.54. The van der Waals surface area contributed by atoms with E-state index >= 15 is 0 Å². The summed E-state index contributed by atoms with van der Waals surface area (Å²) in [6.45, 7) is -1.45. The number of nitrogens with zero attached hydrogens (tertiary/aromatic N) is 2. The van der Waals surface area contributed by atoms with Crippen LogP contribution in [-0.2, 0) is 11.5 Å². The molecule has 22 heavy (non-hydrogen) atoms. The van der Waals surface area contributed by atoms with E-state index in [1.54, 1.807) is 6.07 Å². The molecule has 4 nitrogen and oxygen atoms in total. The molecule has 0 radical (unpaired) electrons. The molecule has 1 atom stereocenters. The normalized spacial score (nSPS) is 12.5. The number of nitriles is 1. The Bertz CT molecular complexity index is 581. The lowest BCUT2D eigenvalue weighted by atomic mass is 10.1. The summed E-state index contributed by atoms with van der Waals surface area (Å²) < 4.78 is 50.8. The number of halogens is 4. The van der Waals surface area contributed by atoms with Gasteiger partial charge in [-0.1, -0.05) is 6.92 Å². The van der Waals surface area contributed by atoms with Gasteiger partial charge in [0.1, 0.15) is 13.2 Å². The first-order valence-corrected chi connectivity index (χ1v) is 6.31. The topological polar surface area (TPSA) is 64.3 Å². The highest BCUT2D eigenvalue weighted by atomic mass is 19.4. The lowest BCUT2D eigenvalue weighted by Crippen LogP contribution is -2.39. The third-order valence-electron chi connectivity index (χ3n) is 3.00. The molecular formula is C14H14F4N2O2. The summed E-state index contributed by atoms with van der Waals surface area (Å²) in [7, 11) is 0. The molecule has 0 saturated carbocycles. The molecule has 0 heterocycles. The molecule has 1 aromatic carbocycles. The Morgan fingerprint density at radius 1 is 1.45 bits per heavy atom. The Labute approximate surface area is 124 Å². The van der Waals surface area contributed by atoms with Crippen molar-refractivity contribution in [2.24, 2.45) is 5.92 Å². The second kappa shape index (κ2) is 7.11. The Balaban J connectivity index is 3.15. The fraction of sp³-hybridized carbons (Fsp3) is 0.429. The molecule has 1 aromatic rings. The Morgan fingerprint density at radius 2 is 2.09 bits per heavy atom. The minimum Gasteiger partial charge on any atom is -0.481 e. The van der Waals surface area contributed by atoms with Gasteiger partial charge in [0.2, 0.25) is 0 Å². The molecule has 0 aliphatic rings. The zero-order chi connectivity index (χ0) is 16.9. The number of hydrogen-bond donors (Lipinski definition) is 1. The van der Waals surface area contributed by atoms with Gasteiger partial charge in [-0.05, 0) is 18.2 Å². The predicted octanol–water partition coefficient (Wildman–Crippen LogP) is 3.12. The zero-order valence-corrected chi connectivity index (χ0v) is 11.7. The van der Waals surface area contributed by atoms with E-state index in [2.05, 4.69) is 0 Å². The average Bonchev–Trinajstić information content (AvgIpc) is 2.44. The number of carboxylic acids is 1. The van der Waals surface area contributed by atoms with Crippen molar-refractivity contribution in [3.63, 3.8) is 0 Å². The van der Waals surface area contributed by atoms with Gasteiger partial charge in [-0.25, -0.2) is 4.39 Å². The van der Waals surface area contributed by atoms with E-state index in [-0.39, 0.29) is 23.4 Å². The van der Waals surface area contributed by atoms with Crippen LogP contribution in [0.15, 0.2) is 18.2 Å². The minimum absolute atomic E-state index is 0.0251. The highest BCUT2D eigenvalue weighted by molar-refractivity contribution is 5.70. The summed E-state index contributed by atoms with van der Waals surface area (Å²) in [5.74, 6) is -2.27. The number of aliphatic carboxylic acids is 1. The molecule has 120 valence electrons. The number of carboxylic acid groups (broad SMARTS) is 1. The van der Waals surface area contributed by atoms with E-state index in [1.807, 2.05) is 0 Å². The molecule has 0 aliphatic carbocycles. The van der Waals surface area contributed by atoms with Crippen LogP contribution >= 0.6 is 0 Å². The molecule has 0 saturated heterocycles. The van der Waals surface area contributed by atoms with Crippen molar-refractivity contribution in [3.05, 3.63) is 29.3 Å². The summed E-state index contributed by atoms with van der Waals surface area (Å²) in [5, 5.41) is 17.6. The summed E-state index contributed by atoms with van der Waals surface area (Å²) in [4.78, 5) is 11.7. The maximum Gasteiger partial charge on any atom is 0.405 e. The predicted molar refractivity (Wildman–Crippen MR) is 71.0 cm³/mol. The maximum absolute atomic E-state index is 12.9. The Morgan fingerprint density at radius 3 is 2.55 bits per heavy atom. The third-order valence-corrected chi connectivity index (χ3v) is 3.00. The molecular weight excluding hydrogens is 304 g/mol. The smallest absolute Gasteiger partial charge is 0.405 e. The van der Waals surface area contributed by atoms with E-state index in [0.29, 0.717) is 0 Å². The number of anilines is 1. The quantitative estimate of drug-likeness (QED) is 0.819. The van der Waals surface area contributed by atoms with Crippen molar-refractivity contribution in [3.8, 4) is 6.07 Å². The zero-order valence-electron chi connectivity index (χ0n) is 11.7. The van der Waals surface area contributed by atoms with Crippen LogP contribution in [-0.4, -0.2) is 30.3 Å². The summed E-state index contributed by atoms with van der Waals surface area (Å²) in [5.41, 5.74) is 0.0247. The molecule has 0 fully saturated rings. The summed E-state index contributed by atoms with van der Waals surface area (Å²) in [6, 6.07) is 5.35. The van der Waals surface area contributed by atoms with Crippen LogP contribution in [0.4, 0.5) is 23.2 Å². The van der Waals surface area contributed by atoms with Gasteiger partial charge in [0, 0.05) is 17.8 Å². The van der Waals surface area contributed by atoms with Gasteiger partial charge in [0.05, 0.1) is 17.6 Å². The van der Waals surface area contributed by atoms with E-state index in [9.17, 15) is 22.4 Å². The number of alkyl halides is 4. The van der Waals surface area contributed by atoms with E-state index < -0.39 is 31.3 Å². The molecule has 1 rings (SSSR count). The molecule has 0 bridgehead atoms. The van der Waals surface area contributed by atoms with Crippen LogP contribution < -0.4 is 4.90 Å². The number of rotatable bonds is 6. The van der Waals surface area contributed by atoms with Gasteiger partial charge in [0.25, 0.3) is 0 Å². The second-order valence-corrected chi connectivity index (χ2v) is 4.82. The van der Waals surface area contributed by atoms with Gasteiger partial charge in [-0.15, -0.1) is 0 Å². The highest BCUT2D eigenvalue weighted by Gasteiger charge is 2.32. The van der Waals surface area contributed by atoms with Crippen molar-refractivity contribution in [1.82, 2.24) is 0 Å². The van der Waals surface area contributed by atoms with Crippen LogP contribution in [0.3, 0.4) is 0 Å². The van der Waals surface area contributed by atoms with Crippen LogP contribution in [0.2, 0.25) is 0 Å². The van der Waals surface area contributed by atoms with Crippen LogP contribution in [0.1, 0.15) is 18.1 Å². The average molecular weight is 318 g/mol. The van der Waals surface area contributed by atoms with Gasteiger partial charge in [-0.3, -0.25) is 4.79 Å². The first kappa shape index (κ1) is 17.8. The third kappa shape index (κ3) is 4.91. The van der Waals surface area contributed by atoms with Gasteiger partial charge < -0.3 is 10.0 Å². The molecule has 8 heteroatoms. The Kier molecular flexibility index (Phi) is 5.74. The molecule has 0 aliphatic heterocycles. The van der Waals surface area contributed by atoms with Gasteiger partial charge in [-0.2, -0.15) is 18.4 Å². The first-order chi connectivity index (χ1) is 10.2. The van der Waals surface area contributed by atoms with Crippen LogP contribution in [0.25, 0.3) is 0 Å². The van der Waals surface area contributed by atoms with Crippen LogP contribution in [0, 0.1) is 17.2 Å². The van der Waals surface area contributed by atoms with Crippen LogP contribution in [0.5, 0.6) is 0 Å². The number of hydrogen-bond acceptors (Lipinski definition) is 3. The van der Waals surface area contributed by atoms with Crippen molar-refractivity contribution in [1.29, 1.82) is 5.26 Å². The maximum atomic E-state index is 12.9. The van der Waals surface area contributed by atoms with E-state index in [0.717, 1.165) is 11.0 Å². The standard InChI is InChI=1S/C14H14F4N2O2/c1-9(13(21)22)7-20(8-14(16,17)18)12-3-2-10(6-19)11(4-12)5-15/h2-4,9H,5,7-8H2,1H3,(H,21,22). The lowest BCUT2D eigenvalue weighted by Gasteiger charge is -2.28. The Hall–Kier alpha value is -2.30. The van der Waals surface area contributed by atoms with Crippen molar-refractivity contribution in [2.75, 3.05) is 18.0 Å². The molecule has 0 spiro atoms. The van der Waals surface area contributed by atoms with Crippen molar-refractivity contribution >= 4 is 11.7 Å². The summed E-state index contributed by atoms with van der Waals surface area (Å²) in [6.07, 6.45) is -4.54. The second-order valence-electron chi connectivity index (χ2n) is 4.82. The monoisotopic (exact) mass is 318 g/mol. The largest absolute Gasteiger partial charge is 0.481 e. The number of carbonyl (C=O) groups is 1. The SMILES string of the molecule is CC(CN(CC(F)(F)F)c1ccc(C#N)c(CF)c1)C(=O)O. The summed E-state index contributed by atoms with van der Waals surface area (Å²) >= 11 is 0. The molecule has 0 amide bonds. The molecule has 1 N–H and O–H groups in total. The van der Waals surface area contributed by atoms with E-state index in [1.165, 1.54) is 19.1 Å². The highest BCUT2D eigenvalue weighted by Crippen LogP contribution is 2.25. The van der Waals surface area contributed by atoms with Crippen molar-refractivity contribution < 1.29 is 27.5 Å². The molecule has 0 aromatic heterocycles. The van der Waals surface area contributed by atoms with Crippen molar-refractivity contribution in [2.45, 2.75) is 19.8 Å². The number of benzene rings is 1. The van der Waals surface area contributed by atoms with E-state index in [4.69, 9.17) is 10.4 Å². The lowest BCUT2D eigenvalue weighted by molar-refractivity contribution is -0.141. The fourth-order valence-corrected chi connectivity index (χ4v) is 1.88. The first-order valence-electron chi connectivity index (χ1n) is 6.31.